The predicted octanol–water partition coefficient (Wildman–Crippen LogP) is 5.23. The molecule has 2 heterocycles. The molecule has 0 aliphatic rings. The molecule has 162 valence electrons. The minimum Gasteiger partial charge on any atom is -0.345 e. The summed E-state index contributed by atoms with van der Waals surface area (Å²) in [5, 5.41) is 3.17. The summed E-state index contributed by atoms with van der Waals surface area (Å²) in [5.41, 5.74) is 3.29. The Labute approximate surface area is 195 Å². The Morgan fingerprint density at radius 2 is 1.88 bits per heavy atom. The molecule has 0 bridgehead atoms. The standard InChI is InChI=1S/C24H21ClN4O2S/c1-28(2)24(31)20-13-17(8-11-21(20)25)27-23(30)16-6-9-19(10-7-16)32-15-18-14-29-12-4-3-5-22(29)26-18/h3-14H,15H2,1-2H3,(H,27,30). The van der Waals surface area contributed by atoms with Crippen LogP contribution >= 0.6 is 23.4 Å². The predicted molar refractivity (Wildman–Crippen MR) is 129 cm³/mol. The number of fused-ring (bicyclic) bond motifs is 1. The highest BCUT2D eigenvalue weighted by Gasteiger charge is 2.14. The summed E-state index contributed by atoms with van der Waals surface area (Å²) in [6, 6.07) is 18.2. The van der Waals surface area contributed by atoms with Crippen LogP contribution in [0.3, 0.4) is 0 Å². The largest absolute Gasteiger partial charge is 0.345 e. The fraction of sp³-hybridized carbons (Fsp3) is 0.125. The van der Waals surface area contributed by atoms with Crippen LogP contribution in [-0.4, -0.2) is 40.2 Å². The van der Waals surface area contributed by atoms with E-state index in [9.17, 15) is 9.59 Å². The third-order valence-corrected chi connectivity index (χ3v) is 6.15. The summed E-state index contributed by atoms with van der Waals surface area (Å²) in [4.78, 5) is 32.0. The van der Waals surface area contributed by atoms with Crippen molar-refractivity contribution in [3.8, 4) is 0 Å². The molecule has 0 aliphatic heterocycles. The monoisotopic (exact) mass is 464 g/mol. The summed E-state index contributed by atoms with van der Waals surface area (Å²) < 4.78 is 2.00. The van der Waals surface area contributed by atoms with Gasteiger partial charge in [-0.2, -0.15) is 0 Å². The fourth-order valence-electron chi connectivity index (χ4n) is 3.13. The van der Waals surface area contributed by atoms with Crippen LogP contribution in [-0.2, 0) is 5.75 Å². The van der Waals surface area contributed by atoms with Crippen LogP contribution in [0, 0.1) is 0 Å². The number of thioether (sulfide) groups is 1. The van der Waals surface area contributed by atoms with E-state index >= 15 is 0 Å². The van der Waals surface area contributed by atoms with Crippen LogP contribution < -0.4 is 5.32 Å². The second-order valence-electron chi connectivity index (χ2n) is 7.36. The van der Waals surface area contributed by atoms with Crippen molar-refractivity contribution in [2.45, 2.75) is 10.6 Å². The second-order valence-corrected chi connectivity index (χ2v) is 8.82. The zero-order valence-electron chi connectivity index (χ0n) is 17.6. The third kappa shape index (κ3) is 4.95. The molecule has 4 aromatic rings. The van der Waals surface area contributed by atoms with Gasteiger partial charge in [-0.25, -0.2) is 4.98 Å². The van der Waals surface area contributed by atoms with E-state index in [0.717, 1.165) is 22.0 Å². The molecule has 0 radical (unpaired) electrons. The first kappa shape index (κ1) is 21.9. The number of nitrogens with one attached hydrogen (secondary N) is 1. The Kier molecular flexibility index (Phi) is 6.48. The second kappa shape index (κ2) is 9.46. The minimum atomic E-state index is -0.257. The van der Waals surface area contributed by atoms with Gasteiger partial charge in [0.15, 0.2) is 0 Å². The number of hydrogen-bond donors (Lipinski definition) is 1. The van der Waals surface area contributed by atoms with Crippen LogP contribution in [0.2, 0.25) is 5.02 Å². The quantitative estimate of drug-likeness (QED) is 0.396. The molecule has 0 aliphatic carbocycles. The minimum absolute atomic E-state index is 0.224. The highest BCUT2D eigenvalue weighted by molar-refractivity contribution is 7.98. The summed E-state index contributed by atoms with van der Waals surface area (Å²) in [6.45, 7) is 0. The Bertz CT molecular complexity index is 1250. The number of carbonyl (C=O) groups is 2. The highest BCUT2D eigenvalue weighted by Crippen LogP contribution is 2.25. The van der Waals surface area contributed by atoms with Crippen molar-refractivity contribution in [3.05, 3.63) is 94.9 Å². The van der Waals surface area contributed by atoms with Crippen molar-refractivity contribution in [1.82, 2.24) is 14.3 Å². The van der Waals surface area contributed by atoms with E-state index in [1.54, 1.807) is 56.2 Å². The van der Waals surface area contributed by atoms with Gasteiger partial charge in [0.1, 0.15) is 5.65 Å². The number of hydrogen-bond acceptors (Lipinski definition) is 4. The van der Waals surface area contributed by atoms with Crippen molar-refractivity contribution in [1.29, 1.82) is 0 Å². The van der Waals surface area contributed by atoms with Crippen molar-refractivity contribution in [2.24, 2.45) is 0 Å². The molecule has 0 saturated heterocycles. The van der Waals surface area contributed by atoms with Gasteiger partial charge in [0.2, 0.25) is 0 Å². The van der Waals surface area contributed by atoms with Gasteiger partial charge in [0.05, 0.1) is 16.3 Å². The maximum atomic E-state index is 12.6. The lowest BCUT2D eigenvalue weighted by Crippen LogP contribution is -2.22. The van der Waals surface area contributed by atoms with Gasteiger partial charge in [-0.1, -0.05) is 17.7 Å². The summed E-state index contributed by atoms with van der Waals surface area (Å²) in [7, 11) is 3.30. The maximum absolute atomic E-state index is 12.6. The summed E-state index contributed by atoms with van der Waals surface area (Å²) in [5.74, 6) is 0.256. The van der Waals surface area contributed by atoms with Gasteiger partial charge >= 0.3 is 0 Å². The van der Waals surface area contributed by atoms with E-state index in [1.807, 2.05) is 47.1 Å². The first-order valence-corrected chi connectivity index (χ1v) is 11.2. The zero-order valence-corrected chi connectivity index (χ0v) is 19.2. The fourth-order valence-corrected chi connectivity index (χ4v) is 4.11. The van der Waals surface area contributed by atoms with Crippen LogP contribution in [0.25, 0.3) is 5.65 Å². The number of nitrogens with zero attached hydrogens (tertiary/aromatic N) is 3. The van der Waals surface area contributed by atoms with Crippen LogP contribution in [0.15, 0.2) is 78.0 Å². The molecule has 2 aromatic heterocycles. The Morgan fingerprint density at radius 3 is 2.59 bits per heavy atom. The number of rotatable bonds is 6. The lowest BCUT2D eigenvalue weighted by molar-refractivity contribution is 0.0827. The molecule has 4 rings (SSSR count). The molecule has 0 unspecified atom stereocenters. The highest BCUT2D eigenvalue weighted by atomic mass is 35.5. The van der Waals surface area contributed by atoms with E-state index < -0.39 is 0 Å². The average Bonchev–Trinajstić information content (AvgIpc) is 3.22. The van der Waals surface area contributed by atoms with Gasteiger partial charge < -0.3 is 14.6 Å². The summed E-state index contributed by atoms with van der Waals surface area (Å²) >= 11 is 7.79. The molecule has 0 fully saturated rings. The smallest absolute Gasteiger partial charge is 0.255 e. The number of benzene rings is 2. The molecular formula is C24H21ClN4O2S. The molecule has 2 aromatic carbocycles. The number of imidazole rings is 1. The molecule has 0 saturated carbocycles. The van der Waals surface area contributed by atoms with E-state index in [0.29, 0.717) is 21.8 Å². The number of anilines is 1. The lowest BCUT2D eigenvalue weighted by Gasteiger charge is -2.13. The lowest BCUT2D eigenvalue weighted by atomic mass is 10.1. The van der Waals surface area contributed by atoms with E-state index in [-0.39, 0.29) is 11.8 Å². The van der Waals surface area contributed by atoms with Crippen molar-refractivity contribution in [3.63, 3.8) is 0 Å². The Balaban J connectivity index is 1.40. The molecule has 0 spiro atoms. The van der Waals surface area contributed by atoms with Crippen molar-refractivity contribution in [2.75, 3.05) is 19.4 Å². The van der Waals surface area contributed by atoms with E-state index in [2.05, 4.69) is 10.3 Å². The molecular weight excluding hydrogens is 444 g/mol. The molecule has 0 atom stereocenters. The first-order chi connectivity index (χ1) is 15.4. The van der Waals surface area contributed by atoms with Crippen LogP contribution in [0.5, 0.6) is 0 Å². The van der Waals surface area contributed by atoms with Crippen LogP contribution in [0.1, 0.15) is 26.4 Å². The van der Waals surface area contributed by atoms with Crippen molar-refractivity contribution >= 4 is 46.5 Å². The van der Waals surface area contributed by atoms with E-state index in [1.165, 1.54) is 4.90 Å². The number of halogens is 1. The average molecular weight is 465 g/mol. The molecule has 32 heavy (non-hydrogen) atoms. The van der Waals surface area contributed by atoms with Gasteiger partial charge in [-0.3, -0.25) is 9.59 Å². The number of aromatic nitrogens is 2. The molecule has 2 amide bonds. The van der Waals surface area contributed by atoms with Gasteiger partial charge in [0, 0.05) is 48.4 Å². The molecule has 8 heteroatoms. The molecule has 1 N–H and O–H groups in total. The number of carbonyl (C=O) groups excluding carboxylic acids is 2. The molecule has 6 nitrogen and oxygen atoms in total. The topological polar surface area (TPSA) is 66.7 Å². The van der Waals surface area contributed by atoms with Gasteiger partial charge in [0.25, 0.3) is 11.8 Å². The summed E-state index contributed by atoms with van der Waals surface area (Å²) in [6.07, 6.45) is 4.00. The Morgan fingerprint density at radius 1 is 1.09 bits per heavy atom. The third-order valence-electron chi connectivity index (χ3n) is 4.78. The zero-order chi connectivity index (χ0) is 22.7. The van der Waals surface area contributed by atoms with E-state index in [4.69, 9.17) is 11.6 Å². The van der Waals surface area contributed by atoms with Crippen LogP contribution in [0.4, 0.5) is 5.69 Å². The number of amides is 2. The number of pyridine rings is 1. The normalized spacial score (nSPS) is 10.8. The van der Waals surface area contributed by atoms with Crippen molar-refractivity contribution < 1.29 is 9.59 Å². The first-order valence-electron chi connectivity index (χ1n) is 9.89. The van der Waals surface area contributed by atoms with Gasteiger partial charge in [-0.15, -0.1) is 11.8 Å². The SMILES string of the molecule is CN(C)C(=O)c1cc(NC(=O)c2ccc(SCc3cn4ccccc4n3)cc2)ccc1Cl. The Hall–Kier alpha value is -3.29. The maximum Gasteiger partial charge on any atom is 0.255 e. The van der Waals surface area contributed by atoms with Gasteiger partial charge in [-0.05, 0) is 54.6 Å².